The van der Waals surface area contributed by atoms with Gasteiger partial charge < -0.3 is 5.32 Å². The van der Waals surface area contributed by atoms with Gasteiger partial charge in [-0.3, -0.25) is 9.20 Å². The summed E-state index contributed by atoms with van der Waals surface area (Å²) in [5.74, 6) is 0.260. The molecule has 0 aromatic carbocycles. The van der Waals surface area contributed by atoms with Gasteiger partial charge in [0, 0.05) is 12.2 Å². The highest BCUT2D eigenvalue weighted by atomic mass is 35.5. The summed E-state index contributed by atoms with van der Waals surface area (Å²) < 4.78 is 40.3. The van der Waals surface area contributed by atoms with Gasteiger partial charge in [0.05, 0.1) is 15.8 Å². The summed E-state index contributed by atoms with van der Waals surface area (Å²) in [6, 6.07) is 0.955. The predicted octanol–water partition coefficient (Wildman–Crippen LogP) is 4.58. The molecular formula is C17H20ClF3N4OS. The largest absolute Gasteiger partial charge is 0.417 e. The van der Waals surface area contributed by atoms with Crippen molar-refractivity contribution in [2.24, 2.45) is 5.92 Å². The van der Waals surface area contributed by atoms with E-state index in [2.05, 4.69) is 22.4 Å². The lowest BCUT2D eigenvalue weighted by Crippen LogP contribution is -2.44. The Morgan fingerprint density at radius 2 is 2.07 bits per heavy atom. The SMILES string of the molecule is C[C@H](Sc1nnc2c(Cl)cc(C(F)(F)F)cn12)C(=O)N[C@H]1CCCC[C@@H]1C. The predicted molar refractivity (Wildman–Crippen MR) is 97.9 cm³/mol. The maximum atomic E-state index is 13.0. The van der Waals surface area contributed by atoms with E-state index in [0.717, 1.165) is 43.3 Å². The van der Waals surface area contributed by atoms with Gasteiger partial charge in [0.2, 0.25) is 5.91 Å². The van der Waals surface area contributed by atoms with Crippen molar-refractivity contribution >= 4 is 34.9 Å². The molecule has 0 bridgehead atoms. The average Bonchev–Trinajstić information content (AvgIpc) is 2.99. The second-order valence-corrected chi connectivity index (χ2v) is 8.60. The minimum Gasteiger partial charge on any atom is -0.352 e. The molecule has 27 heavy (non-hydrogen) atoms. The van der Waals surface area contributed by atoms with Crippen LogP contribution in [0.4, 0.5) is 13.2 Å². The van der Waals surface area contributed by atoms with E-state index in [1.807, 2.05) is 0 Å². The van der Waals surface area contributed by atoms with E-state index in [1.165, 1.54) is 10.8 Å². The number of nitrogens with one attached hydrogen (secondary N) is 1. The maximum absolute atomic E-state index is 13.0. The molecule has 2 aromatic rings. The Balaban J connectivity index is 1.77. The van der Waals surface area contributed by atoms with Gasteiger partial charge in [0.1, 0.15) is 0 Å². The number of carbonyl (C=O) groups excluding carboxylic acids is 1. The molecule has 1 N–H and O–H groups in total. The average molecular weight is 421 g/mol. The zero-order chi connectivity index (χ0) is 19.8. The van der Waals surface area contributed by atoms with Crippen molar-refractivity contribution in [3.8, 4) is 0 Å². The molecule has 1 amide bonds. The van der Waals surface area contributed by atoms with Gasteiger partial charge in [0.25, 0.3) is 0 Å². The van der Waals surface area contributed by atoms with Crippen molar-refractivity contribution in [3.63, 3.8) is 0 Å². The number of halogens is 4. The van der Waals surface area contributed by atoms with Crippen molar-refractivity contribution in [3.05, 3.63) is 22.8 Å². The third-order valence-electron chi connectivity index (χ3n) is 4.85. The monoisotopic (exact) mass is 420 g/mol. The third kappa shape index (κ3) is 4.51. The molecule has 0 unspecified atom stereocenters. The second kappa shape index (κ2) is 7.87. The summed E-state index contributed by atoms with van der Waals surface area (Å²) in [7, 11) is 0. The molecule has 10 heteroatoms. The summed E-state index contributed by atoms with van der Waals surface area (Å²) in [5, 5.41) is 10.3. The molecule has 1 aliphatic rings. The van der Waals surface area contributed by atoms with Crippen LogP contribution < -0.4 is 5.32 Å². The topological polar surface area (TPSA) is 59.3 Å². The molecule has 1 fully saturated rings. The van der Waals surface area contributed by atoms with Gasteiger partial charge >= 0.3 is 6.18 Å². The van der Waals surface area contributed by atoms with Crippen molar-refractivity contribution in [1.82, 2.24) is 19.9 Å². The quantitative estimate of drug-likeness (QED) is 0.736. The summed E-state index contributed by atoms with van der Waals surface area (Å²) >= 11 is 6.97. The van der Waals surface area contributed by atoms with E-state index < -0.39 is 17.0 Å². The Bertz CT molecular complexity index is 841. The minimum atomic E-state index is -4.54. The first kappa shape index (κ1) is 20.3. The number of alkyl halides is 3. The number of hydrogen-bond acceptors (Lipinski definition) is 4. The van der Waals surface area contributed by atoms with Crippen molar-refractivity contribution < 1.29 is 18.0 Å². The van der Waals surface area contributed by atoms with E-state index in [9.17, 15) is 18.0 Å². The molecule has 1 aliphatic carbocycles. The zero-order valence-electron chi connectivity index (χ0n) is 14.9. The van der Waals surface area contributed by atoms with Crippen molar-refractivity contribution in [1.29, 1.82) is 0 Å². The number of pyridine rings is 1. The van der Waals surface area contributed by atoms with Crippen LogP contribution in [0.25, 0.3) is 5.65 Å². The zero-order valence-corrected chi connectivity index (χ0v) is 16.5. The standard InChI is InChI=1S/C17H20ClF3N4OS/c1-9-5-3-4-6-13(9)22-15(26)10(2)27-16-24-23-14-12(18)7-11(8-25(14)16)17(19,20)21/h7-10,13H,3-6H2,1-2H3,(H,22,26)/t9-,10-,13-/m0/s1. The van der Waals surface area contributed by atoms with Gasteiger partial charge in [-0.1, -0.05) is 43.1 Å². The fourth-order valence-electron chi connectivity index (χ4n) is 3.21. The first-order valence-electron chi connectivity index (χ1n) is 8.75. The maximum Gasteiger partial charge on any atom is 0.417 e. The minimum absolute atomic E-state index is 0.126. The first-order valence-corrected chi connectivity index (χ1v) is 10.0. The number of thioether (sulfide) groups is 1. The summed E-state index contributed by atoms with van der Waals surface area (Å²) in [5.41, 5.74) is -0.768. The van der Waals surface area contributed by atoms with Crippen LogP contribution in [-0.2, 0) is 11.0 Å². The molecule has 2 heterocycles. The highest BCUT2D eigenvalue weighted by molar-refractivity contribution is 8.00. The van der Waals surface area contributed by atoms with Crippen LogP contribution in [0, 0.1) is 5.92 Å². The molecule has 0 radical (unpaired) electrons. The molecule has 0 saturated heterocycles. The van der Waals surface area contributed by atoms with E-state index in [4.69, 9.17) is 11.6 Å². The molecule has 0 spiro atoms. The summed E-state index contributed by atoms with van der Waals surface area (Å²) in [4.78, 5) is 12.5. The normalized spacial score (nSPS) is 22.0. The number of rotatable bonds is 4. The van der Waals surface area contributed by atoms with Crippen LogP contribution in [-0.4, -0.2) is 31.8 Å². The summed E-state index contributed by atoms with van der Waals surface area (Å²) in [6.07, 6.45) is 0.653. The number of hydrogen-bond donors (Lipinski definition) is 1. The van der Waals surface area contributed by atoms with Crippen molar-refractivity contribution in [2.45, 2.75) is 62.2 Å². The van der Waals surface area contributed by atoms with Gasteiger partial charge in [-0.15, -0.1) is 10.2 Å². The lowest BCUT2D eigenvalue weighted by molar-refractivity contribution is -0.137. The molecule has 148 valence electrons. The number of nitrogens with zero attached hydrogens (tertiary/aromatic N) is 3. The fraction of sp³-hybridized carbons (Fsp3) is 0.588. The smallest absolute Gasteiger partial charge is 0.352 e. The highest BCUT2D eigenvalue weighted by Crippen LogP contribution is 2.34. The van der Waals surface area contributed by atoms with Gasteiger partial charge in [-0.25, -0.2) is 0 Å². The molecule has 1 saturated carbocycles. The fourth-order valence-corrected chi connectivity index (χ4v) is 4.29. The molecular weight excluding hydrogens is 401 g/mol. The Labute approximate surface area is 164 Å². The molecule has 0 aliphatic heterocycles. The Hall–Kier alpha value is -1.48. The lowest BCUT2D eigenvalue weighted by Gasteiger charge is -2.30. The van der Waals surface area contributed by atoms with E-state index in [0.29, 0.717) is 5.92 Å². The lowest BCUT2D eigenvalue weighted by atomic mass is 9.86. The number of aromatic nitrogens is 3. The number of fused-ring (bicyclic) bond motifs is 1. The Kier molecular flexibility index (Phi) is 5.90. The molecule has 2 aromatic heterocycles. The van der Waals surface area contributed by atoms with E-state index in [1.54, 1.807) is 6.92 Å². The highest BCUT2D eigenvalue weighted by Gasteiger charge is 2.33. The third-order valence-corrected chi connectivity index (χ3v) is 6.18. The van der Waals surface area contributed by atoms with Crippen LogP contribution >= 0.6 is 23.4 Å². The Morgan fingerprint density at radius 1 is 1.37 bits per heavy atom. The molecule has 3 atom stereocenters. The second-order valence-electron chi connectivity index (χ2n) is 6.89. The summed E-state index contributed by atoms with van der Waals surface area (Å²) in [6.45, 7) is 3.82. The van der Waals surface area contributed by atoms with Crippen LogP contribution in [0.1, 0.15) is 45.1 Å². The van der Waals surface area contributed by atoms with Gasteiger partial charge in [-0.05, 0) is 31.7 Å². The van der Waals surface area contributed by atoms with Gasteiger partial charge in [0.15, 0.2) is 10.8 Å². The number of amides is 1. The molecule has 5 nitrogen and oxygen atoms in total. The Morgan fingerprint density at radius 3 is 2.74 bits per heavy atom. The van der Waals surface area contributed by atoms with Gasteiger partial charge in [-0.2, -0.15) is 13.2 Å². The van der Waals surface area contributed by atoms with E-state index >= 15 is 0 Å². The van der Waals surface area contributed by atoms with Crippen molar-refractivity contribution in [2.75, 3.05) is 0 Å². The van der Waals surface area contributed by atoms with Crippen LogP contribution in [0.15, 0.2) is 17.4 Å². The van der Waals surface area contributed by atoms with Crippen LogP contribution in [0.5, 0.6) is 0 Å². The van der Waals surface area contributed by atoms with Crippen LogP contribution in [0.2, 0.25) is 5.02 Å². The molecule has 3 rings (SSSR count). The van der Waals surface area contributed by atoms with E-state index in [-0.39, 0.29) is 27.8 Å². The number of carbonyl (C=O) groups is 1. The van der Waals surface area contributed by atoms with Crippen LogP contribution in [0.3, 0.4) is 0 Å². The first-order chi connectivity index (χ1) is 12.7.